The lowest BCUT2D eigenvalue weighted by Crippen LogP contribution is -2.22. The number of hydrogen-bond acceptors (Lipinski definition) is 3. The van der Waals surface area contributed by atoms with Gasteiger partial charge in [-0.15, -0.1) is 0 Å². The predicted octanol–water partition coefficient (Wildman–Crippen LogP) is 0.971. The second kappa shape index (κ2) is 6.36. The van der Waals surface area contributed by atoms with Crippen LogP contribution in [-0.2, 0) is 0 Å². The summed E-state index contributed by atoms with van der Waals surface area (Å²) in [5, 5.41) is 11.3. The van der Waals surface area contributed by atoms with Crippen molar-refractivity contribution < 1.29 is 9.90 Å². The molecule has 3 N–H and O–H groups in total. The highest BCUT2D eigenvalue weighted by Crippen LogP contribution is 2.14. The number of aliphatic hydroxyl groups excluding tert-OH is 1. The molecule has 2 aromatic rings. The summed E-state index contributed by atoms with van der Waals surface area (Å²) in [6.45, 7) is -0.263. The Kier molecular flexibility index (Phi) is 4.32. The minimum Gasteiger partial charge on any atom is -0.384 e. The third-order valence-electron chi connectivity index (χ3n) is 2.54. The Morgan fingerprint density at radius 3 is 2.80 bits per heavy atom. The van der Waals surface area contributed by atoms with E-state index in [2.05, 4.69) is 22.1 Å². The Labute approximate surface area is 115 Å². The molecule has 0 unspecified atom stereocenters. The van der Waals surface area contributed by atoms with Crippen LogP contribution >= 0.6 is 0 Å². The van der Waals surface area contributed by atoms with Crippen molar-refractivity contribution in [3.63, 3.8) is 0 Å². The topological polar surface area (TPSA) is 82.2 Å². The summed E-state index contributed by atoms with van der Waals surface area (Å²) >= 11 is 0. The van der Waals surface area contributed by atoms with Crippen molar-refractivity contribution in [3.05, 3.63) is 64.1 Å². The Balaban J connectivity index is 2.29. The van der Waals surface area contributed by atoms with Gasteiger partial charge in [0, 0.05) is 11.8 Å². The van der Waals surface area contributed by atoms with Crippen LogP contribution in [0.3, 0.4) is 0 Å². The fourth-order valence-corrected chi connectivity index (χ4v) is 1.63. The molecule has 0 aliphatic rings. The van der Waals surface area contributed by atoms with E-state index in [0.29, 0.717) is 11.3 Å². The smallest absolute Gasteiger partial charge is 0.261 e. The maximum atomic E-state index is 12.0. The second-order valence-corrected chi connectivity index (χ2v) is 3.87. The maximum absolute atomic E-state index is 12.0. The van der Waals surface area contributed by atoms with Gasteiger partial charge in [0.25, 0.3) is 11.5 Å². The van der Waals surface area contributed by atoms with Crippen LogP contribution in [0.1, 0.15) is 15.9 Å². The number of amides is 1. The highest BCUT2D eigenvalue weighted by Gasteiger charge is 2.11. The summed E-state index contributed by atoms with van der Waals surface area (Å²) < 4.78 is 0. The molecule has 0 spiro atoms. The number of para-hydroxylation sites is 1. The third-order valence-corrected chi connectivity index (χ3v) is 2.54. The van der Waals surface area contributed by atoms with E-state index in [1.54, 1.807) is 30.3 Å². The van der Waals surface area contributed by atoms with Crippen molar-refractivity contribution in [2.45, 2.75) is 0 Å². The van der Waals surface area contributed by atoms with Gasteiger partial charge >= 0.3 is 0 Å². The first-order chi connectivity index (χ1) is 9.72. The van der Waals surface area contributed by atoms with Crippen LogP contribution < -0.4 is 10.9 Å². The summed E-state index contributed by atoms with van der Waals surface area (Å²) in [4.78, 5) is 26.0. The summed E-state index contributed by atoms with van der Waals surface area (Å²) in [5.41, 5.74) is 0.630. The zero-order valence-corrected chi connectivity index (χ0v) is 10.5. The maximum Gasteiger partial charge on any atom is 0.261 e. The number of rotatable bonds is 2. The number of nitrogens with one attached hydrogen (secondary N) is 2. The molecule has 0 bridgehead atoms. The molecule has 1 aromatic carbocycles. The van der Waals surface area contributed by atoms with E-state index in [-0.39, 0.29) is 12.2 Å². The van der Waals surface area contributed by atoms with Gasteiger partial charge in [-0.3, -0.25) is 9.59 Å². The largest absolute Gasteiger partial charge is 0.384 e. The van der Waals surface area contributed by atoms with Crippen LogP contribution in [0.2, 0.25) is 0 Å². The van der Waals surface area contributed by atoms with Crippen molar-refractivity contribution in [2.75, 3.05) is 11.9 Å². The van der Waals surface area contributed by atoms with Gasteiger partial charge in [-0.1, -0.05) is 24.0 Å². The standard InChI is InChI=1S/C15H12N2O3/c18-10-4-6-11-5-1-2-8-13(11)17-15(20)12-7-3-9-16-14(12)19/h1-3,5,7-9,18H,10H2,(H,16,19)(H,17,20). The lowest BCUT2D eigenvalue weighted by molar-refractivity contribution is 0.102. The van der Waals surface area contributed by atoms with Crippen molar-refractivity contribution in [2.24, 2.45) is 0 Å². The molecule has 0 fully saturated rings. The fraction of sp³-hybridized carbons (Fsp3) is 0.0667. The Morgan fingerprint density at radius 2 is 2.05 bits per heavy atom. The van der Waals surface area contributed by atoms with Crippen LogP contribution in [-0.4, -0.2) is 22.6 Å². The summed E-state index contributed by atoms with van der Waals surface area (Å²) in [5.74, 6) is 4.74. The van der Waals surface area contributed by atoms with Crippen LogP contribution in [0.4, 0.5) is 5.69 Å². The molecule has 0 radical (unpaired) electrons. The predicted molar refractivity (Wildman–Crippen MR) is 75.4 cm³/mol. The minimum absolute atomic E-state index is 0.0254. The molecule has 100 valence electrons. The van der Waals surface area contributed by atoms with E-state index >= 15 is 0 Å². The summed E-state index contributed by atoms with van der Waals surface area (Å²) in [7, 11) is 0. The van der Waals surface area contributed by atoms with Gasteiger partial charge in [0.05, 0.1) is 5.69 Å². The van der Waals surface area contributed by atoms with Crippen LogP contribution in [0.5, 0.6) is 0 Å². The monoisotopic (exact) mass is 268 g/mol. The molecule has 1 amide bonds. The molecule has 5 nitrogen and oxygen atoms in total. The van der Waals surface area contributed by atoms with E-state index in [1.807, 2.05) is 0 Å². The second-order valence-electron chi connectivity index (χ2n) is 3.87. The molecule has 1 aromatic heterocycles. The van der Waals surface area contributed by atoms with Gasteiger partial charge in [0.2, 0.25) is 0 Å². The van der Waals surface area contributed by atoms with Gasteiger partial charge in [0.1, 0.15) is 12.2 Å². The first-order valence-corrected chi connectivity index (χ1v) is 5.90. The number of H-pyrrole nitrogens is 1. The van der Waals surface area contributed by atoms with Gasteiger partial charge < -0.3 is 15.4 Å². The molecular weight excluding hydrogens is 256 g/mol. The number of anilines is 1. The molecule has 2 rings (SSSR count). The number of aliphatic hydroxyl groups is 1. The summed E-state index contributed by atoms with van der Waals surface area (Å²) in [6.07, 6.45) is 1.46. The van der Waals surface area contributed by atoms with Crippen LogP contribution in [0, 0.1) is 11.8 Å². The number of benzene rings is 1. The molecule has 0 atom stereocenters. The first-order valence-electron chi connectivity index (χ1n) is 5.90. The van der Waals surface area contributed by atoms with Gasteiger partial charge in [-0.05, 0) is 24.3 Å². The highest BCUT2D eigenvalue weighted by atomic mass is 16.2. The Bertz CT molecular complexity index is 738. The third kappa shape index (κ3) is 3.13. The minimum atomic E-state index is -0.509. The Morgan fingerprint density at radius 1 is 1.25 bits per heavy atom. The van der Waals surface area contributed by atoms with E-state index in [4.69, 9.17) is 5.11 Å². The zero-order chi connectivity index (χ0) is 14.4. The van der Waals surface area contributed by atoms with Crippen molar-refractivity contribution in [3.8, 4) is 11.8 Å². The number of carbonyl (C=O) groups is 1. The molecule has 0 aliphatic carbocycles. The van der Waals surface area contributed by atoms with Crippen molar-refractivity contribution in [1.82, 2.24) is 4.98 Å². The number of pyridine rings is 1. The Hall–Kier alpha value is -2.84. The number of carbonyl (C=O) groups excluding carboxylic acids is 1. The lowest BCUT2D eigenvalue weighted by Gasteiger charge is -2.06. The van der Waals surface area contributed by atoms with E-state index in [1.165, 1.54) is 12.3 Å². The molecule has 0 aliphatic heterocycles. The van der Waals surface area contributed by atoms with E-state index < -0.39 is 11.5 Å². The molecule has 0 saturated carbocycles. The summed E-state index contributed by atoms with van der Waals surface area (Å²) in [6, 6.07) is 9.93. The first kappa shape index (κ1) is 13.6. The zero-order valence-electron chi connectivity index (χ0n) is 10.5. The normalized spacial score (nSPS) is 9.45. The van der Waals surface area contributed by atoms with Crippen molar-refractivity contribution >= 4 is 11.6 Å². The number of hydrogen-bond donors (Lipinski definition) is 3. The highest BCUT2D eigenvalue weighted by molar-refractivity contribution is 6.04. The lowest BCUT2D eigenvalue weighted by atomic mass is 10.1. The van der Waals surface area contributed by atoms with Crippen molar-refractivity contribution in [1.29, 1.82) is 0 Å². The molecule has 20 heavy (non-hydrogen) atoms. The average molecular weight is 268 g/mol. The molecular formula is C15H12N2O3. The van der Waals surface area contributed by atoms with Gasteiger partial charge in [0.15, 0.2) is 0 Å². The van der Waals surface area contributed by atoms with E-state index in [9.17, 15) is 9.59 Å². The van der Waals surface area contributed by atoms with Crippen LogP contribution in [0.15, 0.2) is 47.4 Å². The average Bonchev–Trinajstić information content (AvgIpc) is 2.46. The van der Waals surface area contributed by atoms with Crippen LogP contribution in [0.25, 0.3) is 0 Å². The van der Waals surface area contributed by atoms with E-state index in [0.717, 1.165) is 0 Å². The molecule has 5 heteroatoms. The quantitative estimate of drug-likeness (QED) is 0.710. The SMILES string of the molecule is O=C(Nc1ccccc1C#CCO)c1ccc[nH]c1=O. The fourth-order valence-electron chi connectivity index (χ4n) is 1.63. The number of aromatic nitrogens is 1. The number of aromatic amines is 1. The molecule has 1 heterocycles. The van der Waals surface area contributed by atoms with Gasteiger partial charge in [-0.25, -0.2) is 0 Å². The molecule has 0 saturated heterocycles. The van der Waals surface area contributed by atoms with Gasteiger partial charge in [-0.2, -0.15) is 0 Å².